The number of hydrogen-bond donors (Lipinski definition) is 2. The van der Waals surface area contributed by atoms with Gasteiger partial charge in [-0.05, 0) is 42.9 Å². The number of terminal acetylenes is 2. The molecule has 0 atom stereocenters. The summed E-state index contributed by atoms with van der Waals surface area (Å²) >= 11 is 0. The second-order valence-electron chi connectivity index (χ2n) is 9.16. The van der Waals surface area contributed by atoms with E-state index < -0.39 is 17.8 Å². The van der Waals surface area contributed by atoms with Gasteiger partial charge in [0, 0.05) is 30.0 Å². The maximum absolute atomic E-state index is 13.7. The molecule has 1 aromatic heterocycles. The normalized spacial score (nSPS) is 14.8. The second kappa shape index (κ2) is 9.82. The third kappa shape index (κ3) is 5.55. The lowest BCUT2D eigenvalue weighted by atomic mass is 9.76. The number of primary amides is 1. The van der Waals surface area contributed by atoms with E-state index in [0.29, 0.717) is 62.5 Å². The molecule has 3 N–H and O–H groups in total. The lowest BCUT2D eigenvalue weighted by Gasteiger charge is -2.30. The van der Waals surface area contributed by atoms with Crippen LogP contribution < -0.4 is 11.1 Å². The summed E-state index contributed by atoms with van der Waals surface area (Å²) in [5.41, 5.74) is 6.33. The van der Waals surface area contributed by atoms with E-state index in [2.05, 4.69) is 22.3 Å². The van der Waals surface area contributed by atoms with Crippen LogP contribution >= 0.6 is 0 Å². The van der Waals surface area contributed by atoms with Gasteiger partial charge in [0.2, 0.25) is 0 Å². The van der Waals surface area contributed by atoms with Crippen LogP contribution in [0.2, 0.25) is 0 Å². The maximum atomic E-state index is 13.7. The first-order valence-corrected chi connectivity index (χ1v) is 10.9. The molecule has 0 aliphatic heterocycles. The molecular formula is C25H28F3N5O. The van der Waals surface area contributed by atoms with Gasteiger partial charge in [0.1, 0.15) is 0 Å². The van der Waals surface area contributed by atoms with Gasteiger partial charge in [-0.25, -0.2) is 4.68 Å². The average molecular weight is 472 g/mol. The van der Waals surface area contributed by atoms with Crippen LogP contribution in [0.5, 0.6) is 0 Å². The molecular weight excluding hydrogens is 443 g/mol. The number of alkyl halides is 3. The van der Waals surface area contributed by atoms with Crippen molar-refractivity contribution in [1.82, 2.24) is 14.7 Å². The topological polar surface area (TPSA) is 76.2 Å². The van der Waals surface area contributed by atoms with Crippen LogP contribution in [0.15, 0.2) is 18.2 Å². The van der Waals surface area contributed by atoms with Crippen LogP contribution in [0.3, 0.4) is 0 Å². The minimum absolute atomic E-state index is 0.153. The number of fused-ring (bicyclic) bond motifs is 1. The number of carbonyl (C=O) groups excluding carboxylic acids is 1. The van der Waals surface area contributed by atoms with Crippen molar-refractivity contribution >= 4 is 11.6 Å². The van der Waals surface area contributed by atoms with E-state index in [0.717, 1.165) is 0 Å². The molecule has 34 heavy (non-hydrogen) atoms. The number of aromatic nitrogens is 2. The van der Waals surface area contributed by atoms with Crippen LogP contribution in [0.4, 0.5) is 18.9 Å². The lowest BCUT2D eigenvalue weighted by Crippen LogP contribution is -2.30. The van der Waals surface area contributed by atoms with Crippen molar-refractivity contribution in [3.8, 4) is 30.4 Å². The Morgan fingerprint density at radius 1 is 1.29 bits per heavy atom. The third-order valence-corrected chi connectivity index (χ3v) is 5.94. The molecule has 1 heterocycles. The number of hydrogen-bond acceptors (Lipinski definition) is 4. The Kier molecular flexibility index (Phi) is 7.28. The predicted octanol–water partition coefficient (Wildman–Crippen LogP) is 3.49. The molecule has 1 aliphatic rings. The number of halogens is 3. The van der Waals surface area contributed by atoms with E-state index in [4.69, 9.17) is 18.6 Å². The van der Waals surface area contributed by atoms with E-state index in [1.165, 1.54) is 10.7 Å². The van der Waals surface area contributed by atoms with Crippen molar-refractivity contribution < 1.29 is 18.0 Å². The lowest BCUT2D eigenvalue weighted by molar-refractivity contribution is -0.142. The molecule has 9 heteroatoms. The summed E-state index contributed by atoms with van der Waals surface area (Å²) in [7, 11) is 0. The van der Waals surface area contributed by atoms with Gasteiger partial charge >= 0.3 is 6.18 Å². The Hall–Kier alpha value is -3.43. The Morgan fingerprint density at radius 3 is 2.56 bits per heavy atom. The van der Waals surface area contributed by atoms with Gasteiger partial charge in [-0.3, -0.25) is 9.69 Å². The van der Waals surface area contributed by atoms with Gasteiger partial charge < -0.3 is 11.1 Å². The van der Waals surface area contributed by atoms with Gasteiger partial charge in [-0.2, -0.15) is 18.3 Å². The zero-order valence-corrected chi connectivity index (χ0v) is 19.3. The van der Waals surface area contributed by atoms with Crippen molar-refractivity contribution in [2.45, 2.75) is 39.3 Å². The fraction of sp³-hybridized carbons (Fsp3) is 0.440. The second-order valence-corrected chi connectivity index (χ2v) is 9.16. The smallest absolute Gasteiger partial charge is 0.383 e. The fourth-order valence-corrected chi connectivity index (χ4v) is 4.22. The van der Waals surface area contributed by atoms with Crippen LogP contribution in [-0.4, -0.2) is 46.8 Å². The molecule has 1 amide bonds. The highest BCUT2D eigenvalue weighted by Gasteiger charge is 2.42. The van der Waals surface area contributed by atoms with E-state index in [1.807, 2.05) is 18.7 Å². The molecule has 2 aromatic rings. The van der Waals surface area contributed by atoms with Crippen molar-refractivity contribution in [2.75, 3.05) is 31.5 Å². The first kappa shape index (κ1) is 25.2. The number of nitrogens with one attached hydrogen (secondary N) is 1. The third-order valence-electron chi connectivity index (χ3n) is 5.94. The molecule has 0 bridgehead atoms. The van der Waals surface area contributed by atoms with Crippen LogP contribution in [0, 0.1) is 30.1 Å². The number of benzene rings is 1. The van der Waals surface area contributed by atoms with Gasteiger partial charge in [-0.1, -0.05) is 25.7 Å². The Bertz CT molecular complexity index is 1140. The summed E-state index contributed by atoms with van der Waals surface area (Å²) in [6.07, 6.45) is 7.59. The molecule has 0 saturated heterocycles. The van der Waals surface area contributed by atoms with Crippen molar-refractivity contribution in [3.63, 3.8) is 0 Å². The Labute approximate surface area is 197 Å². The molecule has 0 saturated carbocycles. The SMILES string of the molecule is C#CCN(CC#C)CCNc1cc(-n2nc(C(F)(F)F)c3c2CC(C)(C)CC3)ccc1C(N)=O. The highest BCUT2D eigenvalue weighted by Crippen LogP contribution is 2.42. The molecule has 0 fully saturated rings. The van der Waals surface area contributed by atoms with E-state index >= 15 is 0 Å². The van der Waals surface area contributed by atoms with E-state index in [-0.39, 0.29) is 16.5 Å². The summed E-state index contributed by atoms with van der Waals surface area (Å²) in [4.78, 5) is 13.8. The van der Waals surface area contributed by atoms with Crippen LogP contribution in [0.25, 0.3) is 5.69 Å². The van der Waals surface area contributed by atoms with Gasteiger partial charge in [-0.15, -0.1) is 12.8 Å². The minimum Gasteiger partial charge on any atom is -0.383 e. The maximum Gasteiger partial charge on any atom is 0.435 e. The minimum atomic E-state index is -4.55. The van der Waals surface area contributed by atoms with Crippen molar-refractivity contribution in [1.29, 1.82) is 0 Å². The molecule has 1 aliphatic carbocycles. The van der Waals surface area contributed by atoms with E-state index in [1.54, 1.807) is 12.1 Å². The molecule has 0 radical (unpaired) electrons. The summed E-state index contributed by atoms with van der Waals surface area (Å²) in [6, 6.07) is 4.65. The van der Waals surface area contributed by atoms with Crippen molar-refractivity contribution in [2.24, 2.45) is 11.1 Å². The van der Waals surface area contributed by atoms with Gasteiger partial charge in [0.25, 0.3) is 5.91 Å². The first-order chi connectivity index (χ1) is 16.0. The van der Waals surface area contributed by atoms with Gasteiger partial charge in [0.05, 0.1) is 24.3 Å². The summed E-state index contributed by atoms with van der Waals surface area (Å²) < 4.78 is 42.5. The number of amides is 1. The number of nitrogens with two attached hydrogens (primary N) is 1. The summed E-state index contributed by atoms with van der Waals surface area (Å²) in [5, 5.41) is 7.11. The zero-order chi connectivity index (χ0) is 25.1. The Morgan fingerprint density at radius 2 is 1.97 bits per heavy atom. The van der Waals surface area contributed by atoms with Gasteiger partial charge in [0.15, 0.2) is 5.69 Å². The predicted molar refractivity (Wildman–Crippen MR) is 125 cm³/mol. The Balaban J connectivity index is 1.98. The zero-order valence-electron chi connectivity index (χ0n) is 19.3. The number of anilines is 1. The highest BCUT2D eigenvalue weighted by atomic mass is 19.4. The quantitative estimate of drug-likeness (QED) is 0.578. The fourth-order valence-electron chi connectivity index (χ4n) is 4.22. The monoisotopic (exact) mass is 471 g/mol. The number of nitrogens with zero attached hydrogens (tertiary/aromatic N) is 3. The average Bonchev–Trinajstić information content (AvgIpc) is 3.11. The van der Waals surface area contributed by atoms with Crippen LogP contribution in [-0.2, 0) is 19.0 Å². The summed E-state index contributed by atoms with van der Waals surface area (Å²) in [6.45, 7) is 5.68. The van der Waals surface area contributed by atoms with E-state index in [9.17, 15) is 18.0 Å². The highest BCUT2D eigenvalue weighted by molar-refractivity contribution is 5.98. The molecule has 1 aromatic carbocycles. The largest absolute Gasteiger partial charge is 0.435 e. The molecule has 6 nitrogen and oxygen atoms in total. The standard InChI is InChI=1S/C25H28F3N5O/c1-5-12-32(13-6-2)14-11-30-20-15-17(7-8-18(20)23(29)34)33-21-16-24(3,4)10-9-19(21)22(31-33)25(26,27)28/h1-2,7-8,15,30H,9-14,16H2,3-4H3,(H2,29,34). The molecule has 180 valence electrons. The first-order valence-electron chi connectivity index (χ1n) is 10.9. The van der Waals surface area contributed by atoms with Crippen molar-refractivity contribution in [3.05, 3.63) is 40.7 Å². The molecule has 0 spiro atoms. The van der Waals surface area contributed by atoms with Crippen LogP contribution in [0.1, 0.15) is 47.6 Å². The number of rotatable bonds is 8. The molecule has 0 unspecified atom stereocenters. The summed E-state index contributed by atoms with van der Waals surface area (Å²) in [5.74, 6) is 4.42. The number of carbonyl (C=O) groups is 1. The molecule has 3 rings (SSSR count).